The van der Waals surface area contributed by atoms with Crippen LogP contribution in [0.3, 0.4) is 0 Å². The van der Waals surface area contributed by atoms with Gasteiger partial charge in [0.05, 0.1) is 6.33 Å². The molecule has 0 aliphatic rings. The quantitative estimate of drug-likeness (QED) is 0.906. The van der Waals surface area contributed by atoms with Crippen LogP contribution in [0.25, 0.3) is 0 Å². The molecule has 20 heavy (non-hydrogen) atoms. The molecular formula is C12H10F3N3O2. The Morgan fingerprint density at radius 2 is 1.95 bits per heavy atom. The molecule has 0 bridgehead atoms. The van der Waals surface area contributed by atoms with Gasteiger partial charge in [0.2, 0.25) is 5.88 Å². The van der Waals surface area contributed by atoms with Gasteiger partial charge in [-0.3, -0.25) is 4.79 Å². The van der Waals surface area contributed by atoms with Gasteiger partial charge in [-0.05, 0) is 12.1 Å². The maximum Gasteiger partial charge on any atom is 0.405 e. The molecule has 5 nitrogen and oxygen atoms in total. The van der Waals surface area contributed by atoms with E-state index < -0.39 is 18.3 Å². The fraction of sp³-hybridized carbons (Fsp3) is 0.167. The Bertz CT molecular complexity index is 626. The Morgan fingerprint density at radius 1 is 1.25 bits per heavy atom. The molecule has 0 amide bonds. The number of hydrogen-bond acceptors (Lipinski definition) is 4. The summed E-state index contributed by atoms with van der Waals surface area (Å²) in [5.41, 5.74) is -1.11. The normalized spacial score (nSPS) is 11.2. The van der Waals surface area contributed by atoms with Gasteiger partial charge in [-0.25, -0.2) is 4.98 Å². The molecule has 2 rings (SSSR count). The maximum absolute atomic E-state index is 12.2. The van der Waals surface area contributed by atoms with Crippen LogP contribution in [0.2, 0.25) is 0 Å². The minimum atomic E-state index is -4.45. The van der Waals surface area contributed by atoms with E-state index in [1.807, 2.05) is 5.32 Å². The zero-order valence-corrected chi connectivity index (χ0v) is 10.1. The van der Waals surface area contributed by atoms with Crippen molar-refractivity contribution in [3.8, 4) is 11.6 Å². The van der Waals surface area contributed by atoms with E-state index in [1.165, 1.54) is 0 Å². The van der Waals surface area contributed by atoms with Gasteiger partial charge in [-0.2, -0.15) is 13.2 Å². The monoisotopic (exact) mass is 285 g/mol. The first-order chi connectivity index (χ1) is 9.46. The number of halogens is 3. The van der Waals surface area contributed by atoms with Crippen molar-refractivity contribution in [2.24, 2.45) is 0 Å². The molecule has 0 aliphatic heterocycles. The number of para-hydroxylation sites is 1. The lowest BCUT2D eigenvalue weighted by Crippen LogP contribution is -2.25. The molecule has 0 saturated heterocycles. The van der Waals surface area contributed by atoms with Crippen molar-refractivity contribution in [2.45, 2.75) is 6.18 Å². The van der Waals surface area contributed by atoms with E-state index in [9.17, 15) is 18.0 Å². The van der Waals surface area contributed by atoms with Crippen LogP contribution in [0.15, 0.2) is 41.5 Å². The molecule has 1 aromatic carbocycles. The maximum atomic E-state index is 12.2. The second kappa shape index (κ2) is 5.64. The SMILES string of the molecule is O=c1[nH]cnc(Oc2ccccc2)c1NCC(F)(F)F. The Balaban J connectivity index is 2.25. The van der Waals surface area contributed by atoms with Gasteiger partial charge in [-0.15, -0.1) is 0 Å². The minimum Gasteiger partial charge on any atom is -0.437 e. The molecule has 0 fully saturated rings. The highest BCUT2D eigenvalue weighted by molar-refractivity contribution is 5.51. The first kappa shape index (κ1) is 13.9. The number of H-pyrrole nitrogens is 1. The summed E-state index contributed by atoms with van der Waals surface area (Å²) in [7, 11) is 0. The highest BCUT2D eigenvalue weighted by Gasteiger charge is 2.28. The third-order valence-corrected chi connectivity index (χ3v) is 2.24. The van der Waals surface area contributed by atoms with Crippen molar-refractivity contribution < 1.29 is 17.9 Å². The third kappa shape index (κ3) is 3.74. The number of hydrogen-bond donors (Lipinski definition) is 2. The van der Waals surface area contributed by atoms with E-state index in [0.29, 0.717) is 5.75 Å². The first-order valence-corrected chi connectivity index (χ1v) is 5.57. The first-order valence-electron chi connectivity index (χ1n) is 5.57. The Kier molecular flexibility index (Phi) is 3.92. The Labute approximate surface area is 111 Å². The summed E-state index contributed by atoms with van der Waals surface area (Å²) in [6, 6.07) is 8.31. The highest BCUT2D eigenvalue weighted by atomic mass is 19.4. The van der Waals surface area contributed by atoms with E-state index in [1.54, 1.807) is 30.3 Å². The van der Waals surface area contributed by atoms with E-state index in [4.69, 9.17) is 4.74 Å². The number of aromatic nitrogens is 2. The molecule has 2 N–H and O–H groups in total. The Hall–Kier alpha value is -2.51. The molecule has 0 radical (unpaired) electrons. The minimum absolute atomic E-state index is 0.218. The number of anilines is 1. The molecule has 0 unspecified atom stereocenters. The van der Waals surface area contributed by atoms with Crippen molar-refractivity contribution in [3.63, 3.8) is 0 Å². The van der Waals surface area contributed by atoms with Gasteiger partial charge in [0, 0.05) is 0 Å². The summed E-state index contributed by atoms with van der Waals surface area (Å²) in [6.45, 7) is -1.35. The number of alkyl halides is 3. The summed E-state index contributed by atoms with van der Waals surface area (Å²) in [5.74, 6) is 0.143. The van der Waals surface area contributed by atoms with Crippen LogP contribution >= 0.6 is 0 Å². The summed E-state index contributed by atoms with van der Waals surface area (Å²) in [4.78, 5) is 17.5. The molecule has 1 heterocycles. The van der Waals surface area contributed by atoms with Gasteiger partial charge in [-0.1, -0.05) is 18.2 Å². The molecule has 0 atom stereocenters. The molecule has 2 aromatic rings. The van der Waals surface area contributed by atoms with Crippen LogP contribution in [0.4, 0.5) is 18.9 Å². The summed E-state index contributed by atoms with van der Waals surface area (Å²) in [6.07, 6.45) is -3.40. The van der Waals surface area contributed by atoms with Crippen LogP contribution in [0.1, 0.15) is 0 Å². The van der Waals surface area contributed by atoms with E-state index in [2.05, 4.69) is 9.97 Å². The lowest BCUT2D eigenvalue weighted by atomic mass is 10.3. The number of aromatic amines is 1. The predicted octanol–water partition coefficient (Wildman–Crippen LogP) is 2.54. The molecule has 106 valence electrons. The number of rotatable bonds is 4. The molecule has 0 saturated carbocycles. The van der Waals surface area contributed by atoms with Crippen molar-refractivity contribution in [1.29, 1.82) is 0 Å². The number of nitrogens with one attached hydrogen (secondary N) is 2. The van der Waals surface area contributed by atoms with Crippen LogP contribution < -0.4 is 15.6 Å². The molecule has 8 heteroatoms. The topological polar surface area (TPSA) is 67.0 Å². The fourth-order valence-electron chi connectivity index (χ4n) is 1.41. The number of benzene rings is 1. The van der Waals surface area contributed by atoms with Crippen molar-refractivity contribution in [3.05, 3.63) is 47.0 Å². The van der Waals surface area contributed by atoms with E-state index in [-0.39, 0.29) is 11.6 Å². The number of nitrogens with zero attached hydrogens (tertiary/aromatic N) is 1. The van der Waals surface area contributed by atoms with Crippen molar-refractivity contribution in [2.75, 3.05) is 11.9 Å². The second-order valence-corrected chi connectivity index (χ2v) is 3.80. The summed E-state index contributed by atoms with van der Waals surface area (Å²) >= 11 is 0. The lowest BCUT2D eigenvalue weighted by molar-refractivity contribution is -0.115. The van der Waals surface area contributed by atoms with Crippen molar-refractivity contribution in [1.82, 2.24) is 9.97 Å². The van der Waals surface area contributed by atoms with E-state index in [0.717, 1.165) is 6.33 Å². The number of ether oxygens (including phenoxy) is 1. The van der Waals surface area contributed by atoms with Gasteiger partial charge >= 0.3 is 6.18 Å². The van der Waals surface area contributed by atoms with Gasteiger partial charge in [0.25, 0.3) is 5.56 Å². The summed E-state index contributed by atoms with van der Waals surface area (Å²) in [5, 5.41) is 1.99. The molecule has 0 aliphatic carbocycles. The average Bonchev–Trinajstić information content (AvgIpc) is 2.38. The Morgan fingerprint density at radius 3 is 2.60 bits per heavy atom. The van der Waals surface area contributed by atoms with Crippen LogP contribution in [0.5, 0.6) is 11.6 Å². The smallest absolute Gasteiger partial charge is 0.405 e. The summed E-state index contributed by atoms with van der Waals surface area (Å²) < 4.78 is 41.9. The zero-order chi connectivity index (χ0) is 14.6. The van der Waals surface area contributed by atoms with Gasteiger partial charge < -0.3 is 15.0 Å². The zero-order valence-electron chi connectivity index (χ0n) is 10.1. The second-order valence-electron chi connectivity index (χ2n) is 3.80. The van der Waals surface area contributed by atoms with Crippen LogP contribution in [-0.2, 0) is 0 Å². The standard InChI is InChI=1S/C12H10F3N3O2/c13-12(14,15)6-16-9-10(19)17-7-18-11(9)20-8-4-2-1-3-5-8/h1-5,7,16H,6H2,(H,17,18,19). The fourth-order valence-corrected chi connectivity index (χ4v) is 1.41. The largest absolute Gasteiger partial charge is 0.437 e. The van der Waals surface area contributed by atoms with Crippen LogP contribution in [-0.4, -0.2) is 22.7 Å². The molecule has 1 aromatic heterocycles. The van der Waals surface area contributed by atoms with Crippen molar-refractivity contribution >= 4 is 5.69 Å². The van der Waals surface area contributed by atoms with Crippen LogP contribution in [0, 0.1) is 0 Å². The highest BCUT2D eigenvalue weighted by Crippen LogP contribution is 2.24. The van der Waals surface area contributed by atoms with Gasteiger partial charge in [0.1, 0.15) is 12.3 Å². The molecule has 0 spiro atoms. The lowest BCUT2D eigenvalue weighted by Gasteiger charge is -2.12. The predicted molar refractivity (Wildman–Crippen MR) is 65.9 cm³/mol. The molecular weight excluding hydrogens is 275 g/mol. The average molecular weight is 285 g/mol. The third-order valence-electron chi connectivity index (χ3n) is 2.24. The van der Waals surface area contributed by atoms with E-state index >= 15 is 0 Å². The van der Waals surface area contributed by atoms with Gasteiger partial charge in [0.15, 0.2) is 5.69 Å².